The van der Waals surface area contributed by atoms with Crippen LogP contribution in [0.15, 0.2) is 23.2 Å². The summed E-state index contributed by atoms with van der Waals surface area (Å²) in [5, 5.41) is 3.64. The van der Waals surface area contributed by atoms with Crippen LogP contribution in [0.1, 0.15) is 47.0 Å². The van der Waals surface area contributed by atoms with Gasteiger partial charge in [0.15, 0.2) is 11.5 Å². The van der Waals surface area contributed by atoms with E-state index in [1.807, 2.05) is 23.0 Å². The van der Waals surface area contributed by atoms with Crippen molar-refractivity contribution in [3.8, 4) is 0 Å². The molecule has 2 aromatic rings. The Balaban J connectivity index is 1.89. The van der Waals surface area contributed by atoms with Crippen molar-refractivity contribution in [3.05, 3.63) is 23.2 Å². The Hall–Kier alpha value is -1.10. The highest BCUT2D eigenvalue weighted by molar-refractivity contribution is 9.10. The van der Waals surface area contributed by atoms with E-state index < -0.39 is 0 Å². The predicted molar refractivity (Wildman–Crippen MR) is 89.5 cm³/mol. The summed E-state index contributed by atoms with van der Waals surface area (Å²) in [6.07, 6.45) is 9.28. The van der Waals surface area contributed by atoms with Gasteiger partial charge in [-0.05, 0) is 46.0 Å². The first-order valence-electron chi connectivity index (χ1n) is 7.50. The number of nitrogens with one attached hydrogen (secondary N) is 1. The maximum Gasteiger partial charge on any atom is 0.180 e. The number of halogens is 1. The van der Waals surface area contributed by atoms with Gasteiger partial charge in [0.05, 0.1) is 0 Å². The van der Waals surface area contributed by atoms with Crippen molar-refractivity contribution in [1.82, 2.24) is 14.4 Å². The van der Waals surface area contributed by atoms with Crippen LogP contribution in [0.2, 0.25) is 0 Å². The maximum atomic E-state index is 4.59. The lowest BCUT2D eigenvalue weighted by Crippen LogP contribution is -2.40. The van der Waals surface area contributed by atoms with E-state index in [0.717, 1.165) is 28.9 Å². The number of nitrogens with zero attached hydrogens (tertiary/aromatic N) is 3. The third-order valence-corrected chi connectivity index (χ3v) is 4.62. The van der Waals surface area contributed by atoms with Crippen LogP contribution in [-0.2, 0) is 0 Å². The quantitative estimate of drug-likeness (QED) is 0.866. The molecule has 1 aliphatic carbocycles. The lowest BCUT2D eigenvalue weighted by molar-refractivity contribution is 0.105. The van der Waals surface area contributed by atoms with Crippen molar-refractivity contribution < 1.29 is 0 Å². The number of hydrogen-bond donors (Lipinski definition) is 1. The molecule has 0 aromatic carbocycles. The molecule has 1 saturated carbocycles. The summed E-state index contributed by atoms with van der Waals surface area (Å²) in [4.78, 5) is 9.00. The molecule has 0 radical (unpaired) electrons. The van der Waals surface area contributed by atoms with Crippen molar-refractivity contribution in [1.29, 1.82) is 0 Å². The lowest BCUT2D eigenvalue weighted by atomic mass is 9.63. The fraction of sp³-hybridized carbons (Fsp3) is 0.625. The molecule has 2 heterocycles. The van der Waals surface area contributed by atoms with E-state index >= 15 is 0 Å². The Morgan fingerprint density at radius 2 is 1.90 bits per heavy atom. The van der Waals surface area contributed by atoms with E-state index in [1.165, 1.54) is 6.42 Å². The van der Waals surface area contributed by atoms with Gasteiger partial charge in [-0.25, -0.2) is 9.97 Å². The largest absolute Gasteiger partial charge is 0.364 e. The van der Waals surface area contributed by atoms with E-state index in [0.29, 0.717) is 16.9 Å². The van der Waals surface area contributed by atoms with Gasteiger partial charge in [-0.15, -0.1) is 0 Å². The fourth-order valence-electron chi connectivity index (χ4n) is 4.14. The number of hydrogen-bond acceptors (Lipinski definition) is 3. The van der Waals surface area contributed by atoms with E-state index in [2.05, 4.69) is 58.9 Å². The summed E-state index contributed by atoms with van der Waals surface area (Å²) in [5.74, 6) is 0.868. The van der Waals surface area contributed by atoms with Crippen molar-refractivity contribution in [2.75, 3.05) is 5.32 Å². The topological polar surface area (TPSA) is 42.2 Å². The zero-order valence-corrected chi connectivity index (χ0v) is 14.7. The lowest BCUT2D eigenvalue weighted by Gasteiger charge is -2.45. The molecular weight excluding hydrogens is 328 g/mol. The molecule has 0 bridgehead atoms. The number of aromatic nitrogens is 3. The molecule has 21 heavy (non-hydrogen) atoms. The Bertz CT molecular complexity index is 643. The first-order chi connectivity index (χ1) is 9.74. The smallest absolute Gasteiger partial charge is 0.180 e. The summed E-state index contributed by atoms with van der Waals surface area (Å²) in [6.45, 7) is 9.45. The molecule has 1 fully saturated rings. The molecular formula is C16H23BrN4. The SMILES string of the molecule is CC1(C)CC(Nc2nc(Br)cn3ccnc23)CC(C)(C)C1. The Kier molecular flexibility index (Phi) is 3.51. The summed E-state index contributed by atoms with van der Waals surface area (Å²) in [6, 6.07) is 0.436. The zero-order valence-electron chi connectivity index (χ0n) is 13.2. The van der Waals surface area contributed by atoms with E-state index in [-0.39, 0.29) is 0 Å². The van der Waals surface area contributed by atoms with Crippen LogP contribution in [0, 0.1) is 10.8 Å². The monoisotopic (exact) mass is 350 g/mol. The van der Waals surface area contributed by atoms with Gasteiger partial charge in [0, 0.05) is 24.6 Å². The Morgan fingerprint density at radius 3 is 2.57 bits per heavy atom. The molecule has 0 atom stereocenters. The van der Waals surface area contributed by atoms with Gasteiger partial charge in [0.2, 0.25) is 0 Å². The summed E-state index contributed by atoms with van der Waals surface area (Å²) >= 11 is 3.48. The third-order valence-electron chi connectivity index (χ3n) is 4.24. The molecule has 1 N–H and O–H groups in total. The van der Waals surface area contributed by atoms with Gasteiger partial charge in [-0.2, -0.15) is 0 Å². The Labute approximate surface area is 134 Å². The molecule has 0 saturated heterocycles. The van der Waals surface area contributed by atoms with Gasteiger partial charge < -0.3 is 9.72 Å². The molecule has 5 heteroatoms. The van der Waals surface area contributed by atoms with Crippen LogP contribution in [0.4, 0.5) is 5.82 Å². The average Bonchev–Trinajstić information content (AvgIpc) is 2.71. The van der Waals surface area contributed by atoms with Crippen LogP contribution in [0.3, 0.4) is 0 Å². The zero-order chi connectivity index (χ0) is 15.3. The first kappa shape index (κ1) is 14.8. The molecule has 1 aliphatic rings. The summed E-state index contributed by atoms with van der Waals surface area (Å²) in [7, 11) is 0. The van der Waals surface area contributed by atoms with Gasteiger partial charge in [-0.1, -0.05) is 27.7 Å². The Morgan fingerprint density at radius 1 is 1.24 bits per heavy atom. The predicted octanol–water partition coefficient (Wildman–Crippen LogP) is 4.51. The van der Waals surface area contributed by atoms with Crippen LogP contribution in [0.5, 0.6) is 0 Å². The number of rotatable bonds is 2. The van der Waals surface area contributed by atoms with Gasteiger partial charge in [0.1, 0.15) is 4.60 Å². The van der Waals surface area contributed by atoms with Gasteiger partial charge in [0.25, 0.3) is 0 Å². The third kappa shape index (κ3) is 3.23. The van der Waals surface area contributed by atoms with Crippen LogP contribution in [0.25, 0.3) is 5.65 Å². The standard InChI is InChI=1S/C16H23BrN4/c1-15(2)7-11(8-16(3,4)10-15)19-13-14-18-5-6-21(14)9-12(17)20-13/h5-6,9,11H,7-8,10H2,1-4H3,(H,19,20). The normalized spacial score (nSPS) is 21.6. The van der Waals surface area contributed by atoms with Crippen molar-refractivity contribution in [2.24, 2.45) is 10.8 Å². The second kappa shape index (κ2) is 4.97. The maximum absolute atomic E-state index is 4.59. The molecule has 0 spiro atoms. The highest BCUT2D eigenvalue weighted by Crippen LogP contribution is 2.46. The molecule has 114 valence electrons. The van der Waals surface area contributed by atoms with Crippen LogP contribution >= 0.6 is 15.9 Å². The molecule has 3 rings (SSSR count). The first-order valence-corrected chi connectivity index (χ1v) is 8.29. The number of fused-ring (bicyclic) bond motifs is 1. The van der Waals surface area contributed by atoms with Crippen molar-refractivity contribution in [3.63, 3.8) is 0 Å². The van der Waals surface area contributed by atoms with E-state index in [1.54, 1.807) is 0 Å². The molecule has 2 aromatic heterocycles. The van der Waals surface area contributed by atoms with E-state index in [9.17, 15) is 0 Å². The minimum atomic E-state index is 0.358. The van der Waals surface area contributed by atoms with Crippen molar-refractivity contribution in [2.45, 2.75) is 53.0 Å². The second-order valence-electron chi connectivity index (χ2n) is 7.83. The highest BCUT2D eigenvalue weighted by Gasteiger charge is 2.38. The van der Waals surface area contributed by atoms with Crippen LogP contribution < -0.4 is 5.32 Å². The number of anilines is 1. The average molecular weight is 351 g/mol. The fourth-order valence-corrected chi connectivity index (χ4v) is 4.54. The second-order valence-corrected chi connectivity index (χ2v) is 8.64. The van der Waals surface area contributed by atoms with Gasteiger partial charge in [-0.3, -0.25) is 0 Å². The summed E-state index contributed by atoms with van der Waals surface area (Å²) < 4.78 is 2.82. The van der Waals surface area contributed by atoms with Crippen molar-refractivity contribution >= 4 is 27.4 Å². The highest BCUT2D eigenvalue weighted by atomic mass is 79.9. The summed E-state index contributed by atoms with van der Waals surface area (Å²) in [5.41, 5.74) is 1.60. The molecule has 0 amide bonds. The molecule has 0 aliphatic heterocycles. The minimum Gasteiger partial charge on any atom is -0.364 e. The molecule has 4 nitrogen and oxygen atoms in total. The van der Waals surface area contributed by atoms with Gasteiger partial charge >= 0.3 is 0 Å². The molecule has 0 unspecified atom stereocenters. The number of imidazole rings is 1. The van der Waals surface area contributed by atoms with E-state index in [4.69, 9.17) is 0 Å². The minimum absolute atomic E-state index is 0.358. The van der Waals surface area contributed by atoms with Crippen LogP contribution in [-0.4, -0.2) is 20.4 Å².